The van der Waals surface area contributed by atoms with Crippen molar-refractivity contribution in [1.82, 2.24) is 0 Å². The third-order valence-corrected chi connectivity index (χ3v) is 2.54. The molecule has 2 nitrogen and oxygen atoms in total. The van der Waals surface area contributed by atoms with Gasteiger partial charge in [-0.15, -0.1) is 0 Å². The highest BCUT2D eigenvalue weighted by Gasteiger charge is 2.08. The van der Waals surface area contributed by atoms with Gasteiger partial charge < -0.3 is 9.84 Å². The predicted octanol–water partition coefficient (Wildman–Crippen LogP) is 3.80. The van der Waals surface area contributed by atoms with E-state index in [0.717, 1.165) is 6.42 Å². The average Bonchev–Trinajstić information content (AvgIpc) is 2.15. The summed E-state index contributed by atoms with van der Waals surface area (Å²) < 4.78 is 5.39. The Balaban J connectivity index is 2.60. The molecule has 1 N–H and O–H groups in total. The van der Waals surface area contributed by atoms with Crippen LogP contribution >= 0.6 is 34.8 Å². The standard InChI is InChI=1S/C10H11Cl3O2/c11-7-5-8(12)10(9(13)6-7)15-4-2-1-3-14/h5-6,14H,1-4H2. The van der Waals surface area contributed by atoms with Gasteiger partial charge in [0, 0.05) is 11.6 Å². The van der Waals surface area contributed by atoms with Crippen molar-refractivity contribution in [3.8, 4) is 5.75 Å². The number of hydrogen-bond acceptors (Lipinski definition) is 2. The summed E-state index contributed by atoms with van der Waals surface area (Å²) in [5.41, 5.74) is 0. The molecule has 1 rings (SSSR count). The van der Waals surface area contributed by atoms with Crippen molar-refractivity contribution >= 4 is 34.8 Å². The molecule has 0 atom stereocenters. The second kappa shape index (κ2) is 6.44. The Morgan fingerprint density at radius 1 is 1.07 bits per heavy atom. The third-order valence-electron chi connectivity index (χ3n) is 1.76. The average molecular weight is 270 g/mol. The van der Waals surface area contributed by atoms with Crippen LogP contribution in [0.2, 0.25) is 15.1 Å². The van der Waals surface area contributed by atoms with Gasteiger partial charge in [0.2, 0.25) is 0 Å². The van der Waals surface area contributed by atoms with Crippen molar-refractivity contribution in [2.45, 2.75) is 12.8 Å². The lowest BCUT2D eigenvalue weighted by atomic mass is 10.3. The molecule has 15 heavy (non-hydrogen) atoms. The van der Waals surface area contributed by atoms with Crippen LogP contribution in [0.1, 0.15) is 12.8 Å². The number of aliphatic hydroxyl groups excluding tert-OH is 1. The molecule has 0 heterocycles. The number of aliphatic hydroxyl groups is 1. The Kier molecular flexibility index (Phi) is 5.54. The normalized spacial score (nSPS) is 10.4. The van der Waals surface area contributed by atoms with Crippen molar-refractivity contribution in [1.29, 1.82) is 0 Å². The Bertz CT molecular complexity index is 305. The second-order valence-corrected chi connectivity index (χ2v) is 4.23. The molecule has 0 aromatic heterocycles. The lowest BCUT2D eigenvalue weighted by Crippen LogP contribution is -1.99. The van der Waals surface area contributed by atoms with Crippen LogP contribution < -0.4 is 4.74 Å². The second-order valence-electron chi connectivity index (χ2n) is 2.98. The molecule has 0 radical (unpaired) electrons. The van der Waals surface area contributed by atoms with E-state index in [9.17, 15) is 0 Å². The molecule has 0 aliphatic heterocycles. The van der Waals surface area contributed by atoms with Gasteiger partial charge in [-0.25, -0.2) is 0 Å². The monoisotopic (exact) mass is 268 g/mol. The Hall–Kier alpha value is -0.150. The van der Waals surface area contributed by atoms with Crippen LogP contribution in [0.4, 0.5) is 0 Å². The highest BCUT2D eigenvalue weighted by molar-refractivity contribution is 6.40. The van der Waals surface area contributed by atoms with Crippen LogP contribution in [0.5, 0.6) is 5.75 Å². The van der Waals surface area contributed by atoms with Crippen LogP contribution in [0.3, 0.4) is 0 Å². The van der Waals surface area contributed by atoms with Gasteiger partial charge >= 0.3 is 0 Å². The SMILES string of the molecule is OCCCCOc1c(Cl)cc(Cl)cc1Cl. The topological polar surface area (TPSA) is 29.5 Å². The van der Waals surface area contributed by atoms with Crippen molar-refractivity contribution in [2.75, 3.05) is 13.2 Å². The molecule has 0 spiro atoms. The molecule has 1 aromatic rings. The fourth-order valence-corrected chi connectivity index (χ4v) is 1.98. The maximum Gasteiger partial charge on any atom is 0.156 e. The Labute approximate surface area is 104 Å². The van der Waals surface area contributed by atoms with Gasteiger partial charge in [-0.05, 0) is 25.0 Å². The zero-order chi connectivity index (χ0) is 11.3. The van der Waals surface area contributed by atoms with E-state index in [2.05, 4.69) is 0 Å². The van der Waals surface area contributed by atoms with E-state index < -0.39 is 0 Å². The molecule has 0 amide bonds. The highest BCUT2D eigenvalue weighted by Crippen LogP contribution is 2.35. The summed E-state index contributed by atoms with van der Waals surface area (Å²) in [6.07, 6.45) is 1.45. The number of rotatable bonds is 5. The number of hydrogen-bond donors (Lipinski definition) is 1. The van der Waals surface area contributed by atoms with Gasteiger partial charge in [-0.3, -0.25) is 0 Å². The van der Waals surface area contributed by atoms with Crippen LogP contribution in [0, 0.1) is 0 Å². The molecule has 0 saturated carbocycles. The minimum absolute atomic E-state index is 0.158. The molecular formula is C10H11Cl3O2. The summed E-state index contributed by atoms with van der Waals surface area (Å²) in [7, 11) is 0. The molecule has 0 saturated heterocycles. The van der Waals surface area contributed by atoms with Gasteiger partial charge in [-0.2, -0.15) is 0 Å². The van der Waals surface area contributed by atoms with Crippen LogP contribution in [0.25, 0.3) is 0 Å². The molecule has 0 unspecified atom stereocenters. The number of unbranched alkanes of at least 4 members (excludes halogenated alkanes) is 1. The van der Waals surface area contributed by atoms with Crippen LogP contribution in [-0.4, -0.2) is 18.3 Å². The maximum absolute atomic E-state index is 8.58. The molecule has 0 fully saturated rings. The number of ether oxygens (including phenoxy) is 1. The smallest absolute Gasteiger partial charge is 0.156 e. The van der Waals surface area contributed by atoms with Crippen molar-refractivity contribution in [3.63, 3.8) is 0 Å². The fraction of sp³-hybridized carbons (Fsp3) is 0.400. The quantitative estimate of drug-likeness (QED) is 0.824. The predicted molar refractivity (Wildman–Crippen MR) is 63.3 cm³/mol. The van der Waals surface area contributed by atoms with Gasteiger partial charge in [0.05, 0.1) is 16.7 Å². The summed E-state index contributed by atoms with van der Waals surface area (Å²) in [6.45, 7) is 0.632. The molecule has 0 bridgehead atoms. The summed E-state index contributed by atoms with van der Waals surface area (Å²) in [6, 6.07) is 3.16. The zero-order valence-electron chi connectivity index (χ0n) is 7.97. The van der Waals surface area contributed by atoms with E-state index in [4.69, 9.17) is 44.6 Å². The first-order valence-electron chi connectivity index (χ1n) is 4.53. The van der Waals surface area contributed by atoms with Crippen LogP contribution in [0.15, 0.2) is 12.1 Å². The first-order chi connectivity index (χ1) is 7.15. The highest BCUT2D eigenvalue weighted by atomic mass is 35.5. The lowest BCUT2D eigenvalue weighted by Gasteiger charge is -2.09. The third kappa shape index (κ3) is 4.07. The minimum Gasteiger partial charge on any atom is -0.490 e. The zero-order valence-corrected chi connectivity index (χ0v) is 10.2. The lowest BCUT2D eigenvalue weighted by molar-refractivity contribution is 0.253. The molecule has 84 valence electrons. The van der Waals surface area contributed by atoms with Gasteiger partial charge in [0.1, 0.15) is 0 Å². The molecule has 1 aromatic carbocycles. The van der Waals surface area contributed by atoms with Gasteiger partial charge in [0.25, 0.3) is 0 Å². The minimum atomic E-state index is 0.158. The number of benzene rings is 1. The van der Waals surface area contributed by atoms with E-state index in [-0.39, 0.29) is 6.61 Å². The van der Waals surface area contributed by atoms with Crippen molar-refractivity contribution < 1.29 is 9.84 Å². The molecule has 5 heteroatoms. The van der Waals surface area contributed by atoms with E-state index in [1.165, 1.54) is 0 Å². The summed E-state index contributed by atoms with van der Waals surface area (Å²) in [5.74, 6) is 0.445. The van der Waals surface area contributed by atoms with E-state index in [1.807, 2.05) is 0 Å². The summed E-state index contributed by atoms with van der Waals surface area (Å²) >= 11 is 17.6. The first-order valence-corrected chi connectivity index (χ1v) is 5.66. The molecular weight excluding hydrogens is 258 g/mol. The molecule has 0 aliphatic carbocycles. The molecule has 0 aliphatic rings. The maximum atomic E-state index is 8.58. The van der Waals surface area contributed by atoms with Crippen molar-refractivity contribution in [2.24, 2.45) is 0 Å². The van der Waals surface area contributed by atoms with Crippen molar-refractivity contribution in [3.05, 3.63) is 27.2 Å². The van der Waals surface area contributed by atoms with Gasteiger partial charge in [0.15, 0.2) is 5.75 Å². The van der Waals surface area contributed by atoms with E-state index in [1.54, 1.807) is 12.1 Å². The summed E-state index contributed by atoms with van der Waals surface area (Å²) in [4.78, 5) is 0. The van der Waals surface area contributed by atoms with Crippen LogP contribution in [-0.2, 0) is 0 Å². The Morgan fingerprint density at radius 2 is 1.67 bits per heavy atom. The first kappa shape index (κ1) is 12.9. The van der Waals surface area contributed by atoms with Gasteiger partial charge in [-0.1, -0.05) is 34.8 Å². The van der Waals surface area contributed by atoms with E-state index >= 15 is 0 Å². The largest absolute Gasteiger partial charge is 0.490 e. The summed E-state index contributed by atoms with van der Waals surface area (Å²) in [5, 5.41) is 9.86. The Morgan fingerprint density at radius 3 is 2.20 bits per heavy atom. The number of halogens is 3. The fourth-order valence-electron chi connectivity index (χ4n) is 1.05. The van der Waals surface area contributed by atoms with E-state index in [0.29, 0.717) is 33.8 Å².